The maximum absolute atomic E-state index is 13.6. The minimum atomic E-state index is -0.563. The van der Waals surface area contributed by atoms with E-state index in [1.54, 1.807) is 19.2 Å². The first-order chi connectivity index (χ1) is 16.8. The highest BCUT2D eigenvalue weighted by molar-refractivity contribution is 6.09. The van der Waals surface area contributed by atoms with Gasteiger partial charge in [-0.25, -0.2) is 4.98 Å². The Bertz CT molecular complexity index is 1290. The number of benzene rings is 1. The summed E-state index contributed by atoms with van der Waals surface area (Å²) in [7, 11) is 1.54. The van der Waals surface area contributed by atoms with E-state index >= 15 is 0 Å². The van der Waals surface area contributed by atoms with E-state index in [-0.39, 0.29) is 24.2 Å². The van der Waals surface area contributed by atoms with Gasteiger partial charge in [0.1, 0.15) is 12.4 Å². The van der Waals surface area contributed by atoms with Gasteiger partial charge in [0.15, 0.2) is 17.3 Å². The second kappa shape index (κ2) is 10.1. The van der Waals surface area contributed by atoms with Crippen LogP contribution < -0.4 is 20.1 Å². The number of carbonyl (C=O) groups is 2. The summed E-state index contributed by atoms with van der Waals surface area (Å²) in [4.78, 5) is 31.3. The smallest absolute Gasteiger partial charge is 0.255 e. The summed E-state index contributed by atoms with van der Waals surface area (Å²) in [6, 6.07) is 10.9. The van der Waals surface area contributed by atoms with E-state index in [9.17, 15) is 9.59 Å². The number of dihydropyridines is 1. The minimum absolute atomic E-state index is 0.0364. The van der Waals surface area contributed by atoms with Crippen molar-refractivity contribution < 1.29 is 19.1 Å². The van der Waals surface area contributed by atoms with E-state index in [4.69, 9.17) is 15.9 Å². The zero-order valence-corrected chi connectivity index (χ0v) is 20.4. The van der Waals surface area contributed by atoms with Gasteiger partial charge in [-0.3, -0.25) is 9.59 Å². The molecule has 2 atom stereocenters. The molecule has 0 saturated carbocycles. The van der Waals surface area contributed by atoms with Crippen molar-refractivity contribution in [2.45, 2.75) is 39.5 Å². The zero-order chi connectivity index (χ0) is 25.1. The molecule has 2 heterocycles. The number of hydrogen-bond donors (Lipinski definition) is 2. The Kier molecular flexibility index (Phi) is 6.92. The Hall–Kier alpha value is -4.05. The molecule has 0 saturated heterocycles. The zero-order valence-electron chi connectivity index (χ0n) is 20.4. The van der Waals surface area contributed by atoms with E-state index in [1.165, 1.54) is 0 Å². The Morgan fingerprint density at radius 1 is 1.23 bits per heavy atom. The second-order valence-electron chi connectivity index (χ2n) is 8.95. The van der Waals surface area contributed by atoms with Crippen LogP contribution in [0.25, 0.3) is 0 Å². The van der Waals surface area contributed by atoms with E-state index < -0.39 is 5.92 Å². The van der Waals surface area contributed by atoms with Gasteiger partial charge in [0.2, 0.25) is 0 Å². The van der Waals surface area contributed by atoms with Crippen molar-refractivity contribution in [1.82, 2.24) is 10.3 Å². The molecule has 0 spiro atoms. The Labute approximate surface area is 205 Å². The summed E-state index contributed by atoms with van der Waals surface area (Å²) in [5.74, 6) is 3.25. The Morgan fingerprint density at radius 3 is 2.74 bits per heavy atom. The van der Waals surface area contributed by atoms with Crippen LogP contribution in [0.1, 0.15) is 43.9 Å². The molecule has 180 valence electrons. The van der Waals surface area contributed by atoms with E-state index in [2.05, 4.69) is 28.5 Å². The standard InChI is InChI=1S/C28H29N3O4/c1-6-12-35-22-11-10-19(15-23(22)34-5)26-25(28(33)31-24-9-7-8-17(3)29-24)18(4)30-20-13-16(2)14-21(32)27(20)26/h1,7-11,15-16,26,30H,12-14H2,2-5H3,(H,29,31,33)/t16-,26-/m1/s1. The third-order valence-electron chi connectivity index (χ3n) is 6.24. The first-order valence-corrected chi connectivity index (χ1v) is 11.6. The summed E-state index contributed by atoms with van der Waals surface area (Å²) in [5.41, 5.74) is 4.21. The number of hydrogen-bond acceptors (Lipinski definition) is 6. The number of nitrogens with one attached hydrogen (secondary N) is 2. The van der Waals surface area contributed by atoms with Crippen molar-refractivity contribution in [3.8, 4) is 23.8 Å². The Morgan fingerprint density at radius 2 is 2.03 bits per heavy atom. The fourth-order valence-electron chi connectivity index (χ4n) is 4.77. The van der Waals surface area contributed by atoms with Crippen molar-refractivity contribution >= 4 is 17.5 Å². The molecule has 1 amide bonds. The van der Waals surface area contributed by atoms with Crippen molar-refractivity contribution in [2.75, 3.05) is 19.0 Å². The summed E-state index contributed by atoms with van der Waals surface area (Å²) < 4.78 is 11.1. The normalized spacial score (nSPS) is 19.5. The molecule has 2 aromatic rings. The van der Waals surface area contributed by atoms with Crippen LogP contribution in [0.5, 0.6) is 11.5 Å². The molecular weight excluding hydrogens is 442 g/mol. The predicted octanol–water partition coefficient (Wildman–Crippen LogP) is 4.26. The maximum atomic E-state index is 13.6. The van der Waals surface area contributed by atoms with Gasteiger partial charge in [-0.15, -0.1) is 6.42 Å². The summed E-state index contributed by atoms with van der Waals surface area (Å²) >= 11 is 0. The van der Waals surface area contributed by atoms with Crippen molar-refractivity contribution in [2.24, 2.45) is 5.92 Å². The number of nitrogens with zero attached hydrogens (tertiary/aromatic N) is 1. The number of amides is 1. The lowest BCUT2D eigenvalue weighted by Crippen LogP contribution is -2.37. The van der Waals surface area contributed by atoms with E-state index in [1.807, 2.05) is 38.1 Å². The van der Waals surface area contributed by atoms with Crippen molar-refractivity contribution in [3.05, 3.63) is 70.2 Å². The van der Waals surface area contributed by atoms with Crippen molar-refractivity contribution in [3.63, 3.8) is 0 Å². The van der Waals surface area contributed by atoms with Crippen LogP contribution in [0.3, 0.4) is 0 Å². The first kappa shape index (κ1) is 24.1. The van der Waals surface area contributed by atoms with Crippen molar-refractivity contribution in [1.29, 1.82) is 0 Å². The number of Topliss-reactive ketones (excluding diaryl/α,β-unsaturated/α-hetero) is 1. The number of methoxy groups -OCH3 is 1. The summed E-state index contributed by atoms with van der Waals surface area (Å²) in [5, 5.41) is 6.26. The molecule has 4 rings (SSSR count). The van der Waals surface area contributed by atoms with E-state index in [0.717, 1.165) is 23.4 Å². The fourth-order valence-corrected chi connectivity index (χ4v) is 4.77. The number of carbonyl (C=O) groups excluding carboxylic acids is 2. The average Bonchev–Trinajstić information content (AvgIpc) is 2.81. The van der Waals surface area contributed by atoms with Gasteiger partial charge in [0, 0.05) is 40.6 Å². The molecule has 0 fully saturated rings. The highest BCUT2D eigenvalue weighted by Gasteiger charge is 2.40. The van der Waals surface area contributed by atoms with Gasteiger partial charge in [-0.1, -0.05) is 25.0 Å². The molecule has 7 heteroatoms. The average molecular weight is 472 g/mol. The summed E-state index contributed by atoms with van der Waals surface area (Å²) in [6.07, 6.45) is 6.51. The quantitative estimate of drug-likeness (QED) is 0.612. The van der Waals surface area contributed by atoms with Crippen LogP contribution in [-0.2, 0) is 9.59 Å². The third-order valence-corrected chi connectivity index (χ3v) is 6.24. The number of ether oxygens (including phenoxy) is 2. The van der Waals surface area contributed by atoms with Gasteiger partial charge in [-0.05, 0) is 56.0 Å². The van der Waals surface area contributed by atoms with Crippen LogP contribution >= 0.6 is 0 Å². The number of allylic oxidation sites excluding steroid dienone is 3. The molecule has 0 bridgehead atoms. The number of anilines is 1. The Balaban J connectivity index is 1.81. The minimum Gasteiger partial charge on any atom is -0.493 e. The lowest BCUT2D eigenvalue weighted by molar-refractivity contribution is -0.117. The van der Waals surface area contributed by atoms with Crippen LogP contribution in [-0.4, -0.2) is 30.4 Å². The van der Waals surface area contributed by atoms with Crippen LogP contribution in [0.15, 0.2) is 58.9 Å². The highest BCUT2D eigenvalue weighted by Crippen LogP contribution is 2.45. The molecule has 0 radical (unpaired) electrons. The van der Waals surface area contributed by atoms with Gasteiger partial charge in [0.05, 0.1) is 7.11 Å². The number of terminal acetylenes is 1. The molecule has 35 heavy (non-hydrogen) atoms. The molecule has 1 aromatic heterocycles. The van der Waals surface area contributed by atoms with Crippen LogP contribution in [0.2, 0.25) is 0 Å². The van der Waals surface area contributed by atoms with Gasteiger partial charge < -0.3 is 20.1 Å². The molecule has 7 nitrogen and oxygen atoms in total. The third kappa shape index (κ3) is 4.92. The topological polar surface area (TPSA) is 89.5 Å². The molecule has 2 aliphatic rings. The first-order valence-electron chi connectivity index (χ1n) is 11.6. The molecule has 1 aliphatic carbocycles. The number of aryl methyl sites for hydroxylation is 1. The number of pyridine rings is 1. The van der Waals surface area contributed by atoms with Gasteiger partial charge in [-0.2, -0.15) is 0 Å². The molecule has 2 N–H and O–H groups in total. The molecule has 1 aliphatic heterocycles. The highest BCUT2D eigenvalue weighted by atomic mass is 16.5. The summed E-state index contributed by atoms with van der Waals surface area (Å²) in [6.45, 7) is 5.88. The second-order valence-corrected chi connectivity index (χ2v) is 8.95. The predicted molar refractivity (Wildman–Crippen MR) is 134 cm³/mol. The lowest BCUT2D eigenvalue weighted by atomic mass is 9.73. The largest absolute Gasteiger partial charge is 0.493 e. The monoisotopic (exact) mass is 471 g/mol. The number of aromatic nitrogens is 1. The van der Waals surface area contributed by atoms with E-state index in [0.29, 0.717) is 40.6 Å². The molecule has 0 unspecified atom stereocenters. The van der Waals surface area contributed by atoms with Crippen LogP contribution in [0, 0.1) is 25.2 Å². The van der Waals surface area contributed by atoms with Crippen LogP contribution in [0.4, 0.5) is 5.82 Å². The number of rotatable bonds is 6. The fraction of sp³-hybridized carbons (Fsp3) is 0.321. The lowest BCUT2D eigenvalue weighted by Gasteiger charge is -2.36. The molecular formula is C28H29N3O4. The molecule has 1 aromatic carbocycles. The maximum Gasteiger partial charge on any atom is 0.255 e. The van der Waals surface area contributed by atoms with Gasteiger partial charge >= 0.3 is 0 Å². The number of ketones is 1. The SMILES string of the molecule is C#CCOc1ccc([C@@H]2C(C(=O)Nc3cccc(C)n3)=C(C)NC3=C2C(=O)C[C@H](C)C3)cc1OC. The van der Waals surface area contributed by atoms with Gasteiger partial charge in [0.25, 0.3) is 5.91 Å².